The Labute approximate surface area is 113 Å². The maximum absolute atomic E-state index is 11.3. The van der Waals surface area contributed by atoms with Crippen LogP contribution in [0, 0.1) is 0 Å². The van der Waals surface area contributed by atoms with Crippen molar-refractivity contribution in [2.24, 2.45) is 0 Å². The molecule has 1 aromatic rings. The van der Waals surface area contributed by atoms with Crippen molar-refractivity contribution in [2.75, 3.05) is 31.8 Å². The topological polar surface area (TPSA) is 67.6 Å². The second-order valence-electron chi connectivity index (χ2n) is 5.77. The van der Waals surface area contributed by atoms with Crippen LogP contribution in [-0.2, 0) is 11.2 Å². The highest BCUT2D eigenvalue weighted by atomic mass is 16.5. The smallest absolute Gasteiger partial charge is 0.228 e. The molecule has 0 aliphatic carbocycles. The maximum Gasteiger partial charge on any atom is 0.228 e. The van der Waals surface area contributed by atoms with Crippen molar-refractivity contribution in [2.45, 2.75) is 25.8 Å². The van der Waals surface area contributed by atoms with Gasteiger partial charge in [0, 0.05) is 17.3 Å². The molecule has 104 valence electrons. The minimum absolute atomic E-state index is 0.000159. The fourth-order valence-corrected chi connectivity index (χ4v) is 1.78. The van der Waals surface area contributed by atoms with E-state index in [1.807, 2.05) is 20.2 Å². The summed E-state index contributed by atoms with van der Waals surface area (Å²) in [6.45, 7) is 4.72. The van der Waals surface area contributed by atoms with Gasteiger partial charge in [-0.25, -0.2) is 0 Å². The zero-order valence-corrected chi connectivity index (χ0v) is 11.9. The third-order valence-corrected chi connectivity index (χ3v) is 3.65. The molecular formula is C14H21N3O2. The molecule has 0 fully saturated rings. The summed E-state index contributed by atoms with van der Waals surface area (Å²) in [6.07, 6.45) is 0.392. The standard InChI is InChI=1S/C14H21N3O2/c1-14(2,17(3)4)8-19-12-7-11-9(5-10(12)15)6-13(18)16-11/h5,7H,6,8,15H2,1-4H3,(H,16,18). The maximum atomic E-state index is 11.3. The highest BCUT2D eigenvalue weighted by Gasteiger charge is 2.23. The van der Waals surface area contributed by atoms with E-state index in [0.717, 1.165) is 11.3 Å². The van der Waals surface area contributed by atoms with Gasteiger partial charge in [0.2, 0.25) is 5.91 Å². The molecule has 0 unspecified atom stereocenters. The van der Waals surface area contributed by atoms with Gasteiger partial charge in [0.1, 0.15) is 12.4 Å². The number of nitrogens with two attached hydrogens (primary N) is 1. The lowest BCUT2D eigenvalue weighted by molar-refractivity contribution is -0.115. The van der Waals surface area contributed by atoms with Crippen molar-refractivity contribution < 1.29 is 9.53 Å². The number of anilines is 2. The molecule has 0 saturated carbocycles. The van der Waals surface area contributed by atoms with Gasteiger partial charge in [0.05, 0.1) is 12.1 Å². The summed E-state index contributed by atoms with van der Waals surface area (Å²) in [6, 6.07) is 3.62. The van der Waals surface area contributed by atoms with Crippen LogP contribution in [0.5, 0.6) is 5.75 Å². The van der Waals surface area contributed by atoms with Crippen LogP contribution in [0.3, 0.4) is 0 Å². The number of likely N-dealkylation sites (N-methyl/N-ethyl adjacent to an activating group) is 1. The van der Waals surface area contributed by atoms with Crippen LogP contribution >= 0.6 is 0 Å². The second kappa shape index (κ2) is 4.74. The first-order valence-corrected chi connectivity index (χ1v) is 6.32. The molecule has 0 radical (unpaired) electrons. The molecule has 5 nitrogen and oxygen atoms in total. The Morgan fingerprint density at radius 1 is 1.42 bits per heavy atom. The quantitative estimate of drug-likeness (QED) is 0.807. The van der Waals surface area contributed by atoms with Gasteiger partial charge in [-0.2, -0.15) is 0 Å². The number of nitrogens with one attached hydrogen (secondary N) is 1. The molecule has 1 amide bonds. The van der Waals surface area contributed by atoms with Crippen LogP contribution in [0.25, 0.3) is 0 Å². The summed E-state index contributed by atoms with van der Waals surface area (Å²) < 4.78 is 5.81. The van der Waals surface area contributed by atoms with E-state index in [-0.39, 0.29) is 11.4 Å². The van der Waals surface area contributed by atoms with Crippen LogP contribution in [0.2, 0.25) is 0 Å². The predicted octanol–water partition coefficient (Wildman–Crippen LogP) is 1.48. The van der Waals surface area contributed by atoms with E-state index >= 15 is 0 Å². The molecule has 5 heteroatoms. The minimum Gasteiger partial charge on any atom is -0.489 e. The highest BCUT2D eigenvalue weighted by Crippen LogP contribution is 2.33. The van der Waals surface area contributed by atoms with E-state index in [2.05, 4.69) is 24.1 Å². The lowest BCUT2D eigenvalue weighted by atomic mass is 10.1. The molecular weight excluding hydrogens is 242 g/mol. The van der Waals surface area contributed by atoms with Gasteiger partial charge < -0.3 is 20.7 Å². The second-order valence-corrected chi connectivity index (χ2v) is 5.77. The Kier molecular flexibility index (Phi) is 3.41. The first-order chi connectivity index (χ1) is 8.79. The summed E-state index contributed by atoms with van der Waals surface area (Å²) in [7, 11) is 4.02. The summed E-state index contributed by atoms with van der Waals surface area (Å²) in [5, 5.41) is 2.80. The lowest BCUT2D eigenvalue weighted by Crippen LogP contribution is -2.43. The molecule has 0 spiro atoms. The molecule has 0 bridgehead atoms. The van der Waals surface area contributed by atoms with Crippen LogP contribution in [0.1, 0.15) is 19.4 Å². The van der Waals surface area contributed by atoms with Gasteiger partial charge in [-0.05, 0) is 39.6 Å². The number of carbonyl (C=O) groups excluding carboxylic acids is 1. The van der Waals surface area contributed by atoms with E-state index in [1.165, 1.54) is 0 Å². The van der Waals surface area contributed by atoms with Crippen molar-refractivity contribution in [3.05, 3.63) is 17.7 Å². The average molecular weight is 263 g/mol. The number of nitrogens with zero attached hydrogens (tertiary/aromatic N) is 1. The number of carbonyl (C=O) groups is 1. The third-order valence-electron chi connectivity index (χ3n) is 3.65. The number of amides is 1. The Morgan fingerprint density at radius 2 is 2.11 bits per heavy atom. The Morgan fingerprint density at radius 3 is 2.74 bits per heavy atom. The summed E-state index contributed by atoms with van der Waals surface area (Å²) >= 11 is 0. The lowest BCUT2D eigenvalue weighted by Gasteiger charge is -2.32. The normalized spacial score (nSPS) is 14.5. The van der Waals surface area contributed by atoms with Crippen molar-refractivity contribution >= 4 is 17.3 Å². The fourth-order valence-electron chi connectivity index (χ4n) is 1.78. The van der Waals surface area contributed by atoms with Crippen LogP contribution in [0.15, 0.2) is 12.1 Å². The summed E-state index contributed by atoms with van der Waals surface area (Å²) in [5.74, 6) is 0.621. The van der Waals surface area contributed by atoms with Gasteiger partial charge in [-0.1, -0.05) is 0 Å². The van der Waals surface area contributed by atoms with E-state index in [1.54, 1.807) is 6.07 Å². The largest absolute Gasteiger partial charge is 0.489 e. The van der Waals surface area contributed by atoms with E-state index in [0.29, 0.717) is 24.5 Å². The SMILES string of the molecule is CN(C)C(C)(C)COc1cc2c(cc1N)CC(=O)N2. The Bertz CT molecular complexity index is 510. The number of benzene rings is 1. The van der Waals surface area contributed by atoms with Crippen molar-refractivity contribution in [3.8, 4) is 5.75 Å². The van der Waals surface area contributed by atoms with Crippen molar-refractivity contribution in [3.63, 3.8) is 0 Å². The third kappa shape index (κ3) is 2.81. The number of rotatable bonds is 4. The number of fused-ring (bicyclic) bond motifs is 1. The average Bonchev–Trinajstić information content (AvgIpc) is 2.65. The summed E-state index contributed by atoms with van der Waals surface area (Å²) in [5.41, 5.74) is 8.19. The van der Waals surface area contributed by atoms with Gasteiger partial charge in [0.25, 0.3) is 0 Å². The van der Waals surface area contributed by atoms with Gasteiger partial charge in [0.15, 0.2) is 0 Å². The zero-order valence-electron chi connectivity index (χ0n) is 11.9. The number of hydrogen-bond acceptors (Lipinski definition) is 4. The Hall–Kier alpha value is -1.75. The predicted molar refractivity (Wildman–Crippen MR) is 76.4 cm³/mol. The molecule has 0 atom stereocenters. The zero-order chi connectivity index (χ0) is 14.2. The molecule has 1 heterocycles. The molecule has 1 aliphatic heterocycles. The van der Waals surface area contributed by atoms with Crippen LogP contribution in [-0.4, -0.2) is 37.0 Å². The molecule has 0 aromatic heterocycles. The molecule has 1 aliphatic rings. The molecule has 19 heavy (non-hydrogen) atoms. The number of nitrogen functional groups attached to an aromatic ring is 1. The first-order valence-electron chi connectivity index (χ1n) is 6.32. The van der Waals surface area contributed by atoms with Crippen LogP contribution in [0.4, 0.5) is 11.4 Å². The highest BCUT2D eigenvalue weighted by molar-refractivity contribution is 6.00. The molecule has 0 saturated heterocycles. The molecule has 1 aromatic carbocycles. The summed E-state index contributed by atoms with van der Waals surface area (Å²) in [4.78, 5) is 13.4. The van der Waals surface area contributed by atoms with Gasteiger partial charge in [-0.15, -0.1) is 0 Å². The molecule has 2 rings (SSSR count). The van der Waals surface area contributed by atoms with Crippen molar-refractivity contribution in [1.82, 2.24) is 4.90 Å². The van der Waals surface area contributed by atoms with Gasteiger partial charge in [-0.3, -0.25) is 4.79 Å². The van der Waals surface area contributed by atoms with E-state index in [4.69, 9.17) is 10.5 Å². The van der Waals surface area contributed by atoms with Gasteiger partial charge >= 0.3 is 0 Å². The monoisotopic (exact) mass is 263 g/mol. The molecule has 3 N–H and O–H groups in total. The van der Waals surface area contributed by atoms with Crippen molar-refractivity contribution in [1.29, 1.82) is 0 Å². The van der Waals surface area contributed by atoms with E-state index < -0.39 is 0 Å². The fraction of sp³-hybridized carbons (Fsp3) is 0.500. The number of ether oxygens (including phenoxy) is 1. The van der Waals surface area contributed by atoms with E-state index in [9.17, 15) is 4.79 Å². The minimum atomic E-state index is -0.0886. The Balaban J connectivity index is 2.14. The number of hydrogen-bond donors (Lipinski definition) is 2. The van der Waals surface area contributed by atoms with Crippen LogP contribution < -0.4 is 15.8 Å². The first kappa shape index (κ1) is 13.7.